The molecule has 0 aliphatic carbocycles. The van der Waals surface area contributed by atoms with Crippen molar-refractivity contribution in [1.82, 2.24) is 10.3 Å². The number of nitrogens with one attached hydrogen (secondary N) is 1. The van der Waals surface area contributed by atoms with E-state index in [9.17, 15) is 9.18 Å². The van der Waals surface area contributed by atoms with Crippen LogP contribution in [0.1, 0.15) is 21.5 Å². The fourth-order valence-corrected chi connectivity index (χ4v) is 1.63. The van der Waals surface area contributed by atoms with Gasteiger partial charge in [0, 0.05) is 12.7 Å². The molecule has 98 valence electrons. The summed E-state index contributed by atoms with van der Waals surface area (Å²) in [5.41, 5.74) is 1.98. The van der Waals surface area contributed by atoms with Crippen molar-refractivity contribution < 1.29 is 14.3 Å². The standard InChI is InChI=1S/C14H13FN2O2/c15-13-5-4-12(8-16-13)14(19)17-7-10-2-1-3-11(6-10)9-18/h1-6,8,18H,7,9H2,(H,17,19). The van der Waals surface area contributed by atoms with Crippen molar-refractivity contribution in [2.75, 3.05) is 0 Å². The van der Waals surface area contributed by atoms with Crippen molar-refractivity contribution in [1.29, 1.82) is 0 Å². The number of hydrogen-bond donors (Lipinski definition) is 2. The van der Waals surface area contributed by atoms with E-state index in [0.717, 1.165) is 17.2 Å². The molecule has 1 amide bonds. The molecule has 4 nitrogen and oxygen atoms in total. The van der Waals surface area contributed by atoms with Crippen LogP contribution in [0.15, 0.2) is 42.6 Å². The maximum Gasteiger partial charge on any atom is 0.253 e. The van der Waals surface area contributed by atoms with Crippen LogP contribution in [0, 0.1) is 5.95 Å². The van der Waals surface area contributed by atoms with E-state index in [-0.39, 0.29) is 12.5 Å². The molecule has 2 rings (SSSR count). The van der Waals surface area contributed by atoms with Crippen LogP contribution >= 0.6 is 0 Å². The van der Waals surface area contributed by atoms with E-state index in [4.69, 9.17) is 5.11 Å². The molecule has 0 unspecified atom stereocenters. The average molecular weight is 260 g/mol. The molecule has 0 aliphatic heterocycles. The van der Waals surface area contributed by atoms with Gasteiger partial charge in [0.05, 0.1) is 12.2 Å². The molecule has 0 atom stereocenters. The van der Waals surface area contributed by atoms with Crippen LogP contribution in [-0.2, 0) is 13.2 Å². The van der Waals surface area contributed by atoms with Crippen LogP contribution < -0.4 is 5.32 Å². The predicted octanol–water partition coefficient (Wildman–Crippen LogP) is 1.64. The van der Waals surface area contributed by atoms with Gasteiger partial charge >= 0.3 is 0 Å². The van der Waals surface area contributed by atoms with Crippen LogP contribution in [0.2, 0.25) is 0 Å². The minimum absolute atomic E-state index is 0.0380. The first-order valence-electron chi connectivity index (χ1n) is 5.77. The van der Waals surface area contributed by atoms with E-state index in [2.05, 4.69) is 10.3 Å². The Bertz CT molecular complexity index is 570. The zero-order valence-corrected chi connectivity index (χ0v) is 10.1. The molecule has 0 saturated heterocycles. The largest absolute Gasteiger partial charge is 0.392 e. The summed E-state index contributed by atoms with van der Waals surface area (Å²) in [7, 11) is 0. The Labute approximate surface area is 109 Å². The van der Waals surface area contributed by atoms with Crippen LogP contribution in [0.5, 0.6) is 0 Å². The van der Waals surface area contributed by atoms with E-state index in [1.165, 1.54) is 12.3 Å². The minimum Gasteiger partial charge on any atom is -0.392 e. The van der Waals surface area contributed by atoms with Gasteiger partial charge in [-0.1, -0.05) is 24.3 Å². The van der Waals surface area contributed by atoms with E-state index in [1.807, 2.05) is 18.2 Å². The third-order valence-electron chi connectivity index (χ3n) is 2.62. The van der Waals surface area contributed by atoms with Gasteiger partial charge in [-0.15, -0.1) is 0 Å². The molecular formula is C14H13FN2O2. The van der Waals surface area contributed by atoms with Gasteiger partial charge in [0.15, 0.2) is 0 Å². The number of rotatable bonds is 4. The van der Waals surface area contributed by atoms with Crippen LogP contribution in [-0.4, -0.2) is 16.0 Å². The third kappa shape index (κ3) is 3.59. The second-order valence-corrected chi connectivity index (χ2v) is 4.03. The lowest BCUT2D eigenvalue weighted by atomic mass is 10.1. The van der Waals surface area contributed by atoms with Gasteiger partial charge in [-0.05, 0) is 23.3 Å². The molecule has 1 aromatic heterocycles. The van der Waals surface area contributed by atoms with Gasteiger partial charge in [-0.2, -0.15) is 4.39 Å². The first kappa shape index (κ1) is 13.2. The number of halogens is 1. The lowest BCUT2D eigenvalue weighted by Crippen LogP contribution is -2.23. The lowest BCUT2D eigenvalue weighted by molar-refractivity contribution is 0.0950. The number of carbonyl (C=O) groups is 1. The van der Waals surface area contributed by atoms with E-state index in [1.54, 1.807) is 6.07 Å². The number of benzene rings is 1. The van der Waals surface area contributed by atoms with Crippen molar-refractivity contribution in [3.05, 3.63) is 65.2 Å². The van der Waals surface area contributed by atoms with E-state index in [0.29, 0.717) is 12.1 Å². The number of hydrogen-bond acceptors (Lipinski definition) is 3. The smallest absolute Gasteiger partial charge is 0.253 e. The number of aliphatic hydroxyl groups is 1. The summed E-state index contributed by atoms with van der Waals surface area (Å²) in [4.78, 5) is 15.2. The Morgan fingerprint density at radius 1 is 1.26 bits per heavy atom. The minimum atomic E-state index is -0.618. The van der Waals surface area contributed by atoms with Gasteiger partial charge in [0.25, 0.3) is 5.91 Å². The molecule has 2 aromatic rings. The highest BCUT2D eigenvalue weighted by Crippen LogP contribution is 2.06. The van der Waals surface area contributed by atoms with Gasteiger partial charge < -0.3 is 10.4 Å². The number of amides is 1. The highest BCUT2D eigenvalue weighted by Gasteiger charge is 2.06. The Morgan fingerprint density at radius 2 is 2.05 bits per heavy atom. The summed E-state index contributed by atoms with van der Waals surface area (Å²) in [5.74, 6) is -0.936. The summed E-state index contributed by atoms with van der Waals surface area (Å²) in [6.07, 6.45) is 1.19. The third-order valence-corrected chi connectivity index (χ3v) is 2.62. The topological polar surface area (TPSA) is 62.2 Å². The molecule has 0 fully saturated rings. The van der Waals surface area contributed by atoms with Crippen LogP contribution in [0.3, 0.4) is 0 Å². The van der Waals surface area contributed by atoms with Gasteiger partial charge in [0.1, 0.15) is 0 Å². The fourth-order valence-electron chi connectivity index (χ4n) is 1.63. The van der Waals surface area contributed by atoms with Crippen LogP contribution in [0.4, 0.5) is 4.39 Å². The first-order valence-corrected chi connectivity index (χ1v) is 5.77. The Kier molecular flexibility index (Phi) is 4.20. The summed E-state index contributed by atoms with van der Waals surface area (Å²) in [6.45, 7) is 0.299. The Hall–Kier alpha value is -2.27. The quantitative estimate of drug-likeness (QED) is 0.821. The number of aromatic nitrogens is 1. The van der Waals surface area contributed by atoms with Crippen LogP contribution in [0.25, 0.3) is 0 Å². The molecule has 1 aromatic carbocycles. The normalized spacial score (nSPS) is 10.2. The van der Waals surface area contributed by atoms with Gasteiger partial charge in [-0.3, -0.25) is 4.79 Å². The molecule has 1 heterocycles. The predicted molar refractivity (Wildman–Crippen MR) is 67.7 cm³/mol. The molecule has 0 aliphatic rings. The van der Waals surface area contributed by atoms with E-state index < -0.39 is 5.95 Å². The van der Waals surface area contributed by atoms with Crippen molar-refractivity contribution in [2.24, 2.45) is 0 Å². The maximum atomic E-state index is 12.6. The summed E-state index contributed by atoms with van der Waals surface area (Å²) in [6, 6.07) is 9.79. The van der Waals surface area contributed by atoms with Gasteiger partial charge in [0.2, 0.25) is 5.95 Å². The number of aliphatic hydroxyl groups excluding tert-OH is 1. The highest BCUT2D eigenvalue weighted by atomic mass is 19.1. The lowest BCUT2D eigenvalue weighted by Gasteiger charge is -2.06. The molecular weight excluding hydrogens is 247 g/mol. The number of nitrogens with zero attached hydrogens (tertiary/aromatic N) is 1. The fraction of sp³-hybridized carbons (Fsp3) is 0.143. The molecule has 5 heteroatoms. The second-order valence-electron chi connectivity index (χ2n) is 4.03. The molecule has 0 bridgehead atoms. The molecule has 19 heavy (non-hydrogen) atoms. The summed E-state index contributed by atoms with van der Waals surface area (Å²) >= 11 is 0. The van der Waals surface area contributed by atoms with Crippen molar-refractivity contribution in [3.63, 3.8) is 0 Å². The average Bonchev–Trinajstić information content (AvgIpc) is 2.46. The van der Waals surface area contributed by atoms with Gasteiger partial charge in [-0.25, -0.2) is 4.98 Å². The molecule has 0 radical (unpaired) electrons. The Morgan fingerprint density at radius 3 is 2.74 bits per heavy atom. The monoisotopic (exact) mass is 260 g/mol. The number of pyridine rings is 1. The SMILES string of the molecule is O=C(NCc1cccc(CO)c1)c1ccc(F)nc1. The molecule has 0 spiro atoms. The summed E-state index contributed by atoms with van der Waals surface area (Å²) in [5, 5.41) is 11.7. The first-order chi connectivity index (χ1) is 9.19. The maximum absolute atomic E-state index is 12.6. The Balaban J connectivity index is 1.98. The zero-order valence-electron chi connectivity index (χ0n) is 10.1. The summed E-state index contributed by atoms with van der Waals surface area (Å²) < 4.78 is 12.6. The highest BCUT2D eigenvalue weighted by molar-refractivity contribution is 5.93. The van der Waals surface area contributed by atoms with E-state index >= 15 is 0 Å². The molecule has 2 N–H and O–H groups in total. The van der Waals surface area contributed by atoms with Crippen molar-refractivity contribution in [2.45, 2.75) is 13.2 Å². The second kappa shape index (κ2) is 6.06. The number of carbonyl (C=O) groups excluding carboxylic acids is 1. The van der Waals surface area contributed by atoms with Crippen molar-refractivity contribution in [3.8, 4) is 0 Å². The zero-order chi connectivity index (χ0) is 13.7. The molecule has 0 saturated carbocycles. The van der Waals surface area contributed by atoms with Crippen molar-refractivity contribution >= 4 is 5.91 Å².